The minimum Gasteiger partial charge on any atom is -0.350 e. The van der Waals surface area contributed by atoms with Gasteiger partial charge in [-0.3, -0.25) is 24.7 Å². The number of piperazine rings is 1. The van der Waals surface area contributed by atoms with Gasteiger partial charge >= 0.3 is 0 Å². The first-order chi connectivity index (χ1) is 23.2. The van der Waals surface area contributed by atoms with E-state index in [0.717, 1.165) is 103 Å². The van der Waals surface area contributed by atoms with Gasteiger partial charge in [-0.15, -0.1) is 11.6 Å². The zero-order valence-corrected chi connectivity index (χ0v) is 30.1. The van der Waals surface area contributed by atoms with Crippen molar-refractivity contribution in [2.45, 2.75) is 138 Å². The lowest BCUT2D eigenvalue weighted by Gasteiger charge is -2.50. The first kappa shape index (κ1) is 35.3. The maximum atomic E-state index is 15.1. The van der Waals surface area contributed by atoms with Gasteiger partial charge in [0.2, 0.25) is 11.8 Å². The van der Waals surface area contributed by atoms with E-state index in [9.17, 15) is 9.59 Å². The second kappa shape index (κ2) is 14.9. The molecule has 10 nitrogen and oxygen atoms in total. The number of hydrogen-bond donors (Lipinski definition) is 5. The summed E-state index contributed by atoms with van der Waals surface area (Å²) < 4.78 is 15.1. The molecule has 0 radical (unpaired) electrons. The Hall–Kier alpha value is -1.08. The summed E-state index contributed by atoms with van der Waals surface area (Å²) >= 11 is 7.49. The van der Waals surface area contributed by atoms with E-state index in [-0.39, 0.29) is 59.4 Å². The number of nitrogens with one attached hydrogen (secondary N) is 4. The third-order valence-electron chi connectivity index (χ3n) is 14.0. The van der Waals surface area contributed by atoms with Crippen molar-refractivity contribution < 1.29 is 14.0 Å². The number of carbonyl (C=O) groups excluding carboxylic acids is 2. The molecule has 6 heterocycles. The zero-order valence-electron chi connectivity index (χ0n) is 29.4. The lowest BCUT2D eigenvalue weighted by atomic mass is 9.70. The van der Waals surface area contributed by atoms with E-state index in [4.69, 9.17) is 17.3 Å². The third-order valence-corrected chi connectivity index (χ3v) is 14.6. The van der Waals surface area contributed by atoms with Crippen molar-refractivity contribution in [3.05, 3.63) is 0 Å². The Balaban J connectivity index is 1.07. The van der Waals surface area contributed by atoms with Crippen molar-refractivity contribution in [3.8, 4) is 0 Å². The predicted molar refractivity (Wildman–Crippen MR) is 187 cm³/mol. The number of nitrogens with two attached hydrogens (primary N) is 1. The maximum absolute atomic E-state index is 15.1. The molecule has 1 aliphatic carbocycles. The van der Waals surface area contributed by atoms with Crippen LogP contribution in [0.3, 0.4) is 0 Å². The van der Waals surface area contributed by atoms with Crippen LogP contribution in [0.2, 0.25) is 0 Å². The lowest BCUT2D eigenvalue weighted by molar-refractivity contribution is -0.140. The molecule has 1 spiro atoms. The number of carbonyl (C=O) groups is 2. The molecule has 2 amide bonds. The van der Waals surface area contributed by atoms with Gasteiger partial charge in [-0.1, -0.05) is 39.5 Å². The minimum absolute atomic E-state index is 0.00829. The Morgan fingerprint density at radius 2 is 1.77 bits per heavy atom. The van der Waals surface area contributed by atoms with Crippen molar-refractivity contribution >= 4 is 23.4 Å². The topological polar surface area (TPSA) is 118 Å². The molecular weight excluding hydrogens is 631 g/mol. The van der Waals surface area contributed by atoms with Gasteiger partial charge in [0.1, 0.15) is 6.17 Å². The van der Waals surface area contributed by atoms with Gasteiger partial charge in [-0.05, 0) is 69.4 Å². The van der Waals surface area contributed by atoms with Gasteiger partial charge < -0.3 is 26.6 Å². The van der Waals surface area contributed by atoms with Crippen LogP contribution < -0.4 is 27.0 Å². The van der Waals surface area contributed by atoms with Crippen LogP contribution in [0.15, 0.2) is 0 Å². The average molecular weight is 693 g/mol. The molecule has 0 aromatic heterocycles. The lowest BCUT2D eigenvalue weighted by Crippen LogP contribution is -2.71. The summed E-state index contributed by atoms with van der Waals surface area (Å²) in [6.07, 6.45) is 9.03. The Morgan fingerprint density at radius 3 is 2.50 bits per heavy atom. The van der Waals surface area contributed by atoms with Crippen LogP contribution in [0.4, 0.5) is 4.39 Å². The quantitative estimate of drug-likeness (QED) is 0.258. The standard InChI is InChI=1S/C36H62ClFN8O2/c1-3-22(4-2)31-30(37)32(45-13-7-23(8-14-45)35(48)46-16-15-44-12-9-25(46)21-44)27(20-41-31)42-34(47)29-26-18-36(10-5-6-11-36)28(43-33(29)39)17-24(38)19-40-26/h22-33,40-41,43H,3-21,39H2,1-2H3,(H,42,47)/t24?,25?,26?,27?,28?,29?,30-,31?,32?,33?/m1/s1. The number of rotatable bonds is 7. The van der Waals surface area contributed by atoms with Crippen LogP contribution in [0.1, 0.15) is 84.5 Å². The molecule has 272 valence electrons. The zero-order chi connectivity index (χ0) is 33.6. The Kier molecular flexibility index (Phi) is 10.9. The number of halogens is 2. The molecule has 10 unspecified atom stereocenters. The molecule has 7 fully saturated rings. The number of hydrogen-bond acceptors (Lipinski definition) is 8. The van der Waals surface area contributed by atoms with Crippen LogP contribution in [-0.2, 0) is 9.59 Å². The fraction of sp³-hybridized carbons (Fsp3) is 0.944. The Bertz CT molecular complexity index is 1130. The fourth-order valence-corrected chi connectivity index (χ4v) is 11.9. The largest absolute Gasteiger partial charge is 0.350 e. The Labute approximate surface area is 292 Å². The summed E-state index contributed by atoms with van der Waals surface area (Å²) in [5, 5.41) is 14.1. The summed E-state index contributed by atoms with van der Waals surface area (Å²) in [6, 6.07) is 0.0769. The first-order valence-corrected chi connectivity index (χ1v) is 20.0. The monoisotopic (exact) mass is 692 g/mol. The van der Waals surface area contributed by atoms with E-state index in [0.29, 0.717) is 30.8 Å². The molecule has 48 heavy (non-hydrogen) atoms. The van der Waals surface area contributed by atoms with Gasteiger partial charge in [0.25, 0.3) is 0 Å². The molecule has 6 N–H and O–H groups in total. The Morgan fingerprint density at radius 1 is 1.02 bits per heavy atom. The molecular formula is C36H62ClFN8O2. The van der Waals surface area contributed by atoms with Gasteiger partial charge in [0.05, 0.1) is 23.5 Å². The molecule has 1 saturated carbocycles. The van der Waals surface area contributed by atoms with Crippen LogP contribution in [0, 0.1) is 23.2 Å². The summed E-state index contributed by atoms with van der Waals surface area (Å²) in [7, 11) is 0. The van der Waals surface area contributed by atoms with Crippen molar-refractivity contribution in [1.29, 1.82) is 0 Å². The minimum atomic E-state index is -0.958. The second-order valence-corrected chi connectivity index (χ2v) is 17.0. The van der Waals surface area contributed by atoms with Crippen molar-refractivity contribution in [3.63, 3.8) is 0 Å². The predicted octanol–water partition coefficient (Wildman–Crippen LogP) is 2.01. The van der Waals surface area contributed by atoms with E-state index in [1.807, 2.05) is 0 Å². The van der Waals surface area contributed by atoms with Crippen LogP contribution in [0.25, 0.3) is 0 Å². The number of likely N-dealkylation sites (tertiary alicyclic amines) is 1. The molecule has 4 bridgehead atoms. The van der Waals surface area contributed by atoms with Crippen molar-refractivity contribution in [2.75, 3.05) is 52.4 Å². The summed E-state index contributed by atoms with van der Waals surface area (Å²) in [4.78, 5) is 35.3. The van der Waals surface area contributed by atoms with Crippen LogP contribution >= 0.6 is 11.6 Å². The van der Waals surface area contributed by atoms with E-state index in [1.165, 1.54) is 0 Å². The number of piperidine rings is 2. The normalized spacial score (nSPS) is 42.1. The molecule has 6 saturated heterocycles. The highest BCUT2D eigenvalue weighted by atomic mass is 35.5. The van der Waals surface area contributed by atoms with E-state index >= 15 is 4.39 Å². The number of alkyl halides is 2. The molecule has 7 rings (SSSR count). The molecule has 6 aliphatic heterocycles. The van der Waals surface area contributed by atoms with Crippen LogP contribution in [-0.4, -0.2) is 133 Å². The second-order valence-electron chi connectivity index (χ2n) is 16.5. The van der Waals surface area contributed by atoms with E-state index in [1.54, 1.807) is 0 Å². The average Bonchev–Trinajstić information content (AvgIpc) is 3.70. The smallest absolute Gasteiger partial charge is 0.227 e. The SMILES string of the molecule is CCC(CC)C1NCC(NC(=O)C2C(N)NC3CC(F)CNC2CC32CCCC2)C(N2CCC(C(=O)N3CCN4CCC3C4)CC2)[C@@H]1Cl. The van der Waals surface area contributed by atoms with Gasteiger partial charge in [-0.2, -0.15) is 0 Å². The van der Waals surface area contributed by atoms with Gasteiger partial charge in [0, 0.05) is 75.4 Å². The molecule has 0 aromatic rings. The van der Waals surface area contributed by atoms with Crippen molar-refractivity contribution in [2.24, 2.45) is 28.9 Å². The highest BCUT2D eigenvalue weighted by Crippen LogP contribution is 2.49. The summed E-state index contributed by atoms with van der Waals surface area (Å²) in [5.41, 5.74) is 6.83. The molecule has 7 aliphatic rings. The van der Waals surface area contributed by atoms with Gasteiger partial charge in [0.15, 0.2) is 0 Å². The summed E-state index contributed by atoms with van der Waals surface area (Å²) in [6.45, 7) is 10.9. The summed E-state index contributed by atoms with van der Waals surface area (Å²) in [5.74, 6) is 0.259. The van der Waals surface area contributed by atoms with E-state index < -0.39 is 18.3 Å². The van der Waals surface area contributed by atoms with Crippen LogP contribution in [0.5, 0.6) is 0 Å². The van der Waals surface area contributed by atoms with Gasteiger partial charge in [-0.25, -0.2) is 4.39 Å². The highest BCUT2D eigenvalue weighted by molar-refractivity contribution is 6.21. The molecule has 0 aromatic carbocycles. The highest BCUT2D eigenvalue weighted by Gasteiger charge is 2.53. The van der Waals surface area contributed by atoms with E-state index in [2.05, 4.69) is 49.8 Å². The molecule has 11 atom stereocenters. The maximum Gasteiger partial charge on any atom is 0.227 e. The fourth-order valence-electron chi connectivity index (χ4n) is 11.3. The number of nitrogens with zero attached hydrogens (tertiary/aromatic N) is 3. The molecule has 12 heteroatoms. The number of amides is 2. The van der Waals surface area contributed by atoms with Crippen molar-refractivity contribution in [1.82, 2.24) is 36.0 Å². The number of fused-ring (bicyclic) bond motifs is 3. The first-order valence-electron chi connectivity index (χ1n) is 19.5. The third kappa shape index (κ3) is 6.80.